The molecule has 0 amide bonds. The second-order valence-corrected chi connectivity index (χ2v) is 20.4. The van der Waals surface area contributed by atoms with E-state index in [1.807, 2.05) is 30.3 Å². The van der Waals surface area contributed by atoms with Crippen LogP contribution >= 0.6 is 0 Å². The zero-order valence-corrected chi connectivity index (χ0v) is 27.1. The number of aromatic nitrogens is 2. The van der Waals surface area contributed by atoms with E-state index in [1.165, 1.54) is 0 Å². The molecule has 2 N–H and O–H groups in total. The number of hydrogen-bond acceptors (Lipinski definition) is 8. The Morgan fingerprint density at radius 2 is 1.70 bits per heavy atom. The van der Waals surface area contributed by atoms with Gasteiger partial charge in [-0.3, -0.25) is 0 Å². The summed E-state index contributed by atoms with van der Waals surface area (Å²) in [6, 6.07) is 9.45. The summed E-state index contributed by atoms with van der Waals surface area (Å²) in [6.45, 7) is 18.0. The van der Waals surface area contributed by atoms with Crippen LogP contribution in [0.3, 0.4) is 0 Å². The molecule has 0 radical (unpaired) electrons. The van der Waals surface area contributed by atoms with Crippen molar-refractivity contribution < 1.29 is 17.6 Å². The number of nitrogen functional groups attached to an aromatic ring is 1. The van der Waals surface area contributed by atoms with Crippen LogP contribution in [0.1, 0.15) is 73.4 Å². The van der Waals surface area contributed by atoms with Crippen LogP contribution in [0.25, 0.3) is 11.4 Å². The van der Waals surface area contributed by atoms with Crippen LogP contribution in [0.15, 0.2) is 30.3 Å². The molecular weight excluding hydrogens is 541 g/mol. The lowest BCUT2D eigenvalue weighted by molar-refractivity contribution is 0.0985. The summed E-state index contributed by atoms with van der Waals surface area (Å²) >= 11 is 0. The fraction of sp³-hybridized carbons (Fsp3) is 0.667. The first kappa shape index (κ1) is 30.9. The van der Waals surface area contributed by atoms with Gasteiger partial charge in [0, 0.05) is 30.5 Å². The molecule has 2 fully saturated rings. The third-order valence-corrected chi connectivity index (χ3v) is 17.7. The summed E-state index contributed by atoms with van der Waals surface area (Å²) < 4.78 is 39.2. The van der Waals surface area contributed by atoms with E-state index in [0.717, 1.165) is 11.4 Å². The van der Waals surface area contributed by atoms with Crippen LogP contribution < -0.4 is 10.6 Å². The number of anilines is 2. The maximum absolute atomic E-state index is 13.9. The Morgan fingerprint density at radius 1 is 1.07 bits per heavy atom. The summed E-state index contributed by atoms with van der Waals surface area (Å²) in [5, 5.41) is 0. The molecule has 0 unspecified atom stereocenters. The normalized spacial score (nSPS) is 19.6. The van der Waals surface area contributed by atoms with Gasteiger partial charge in [0.2, 0.25) is 0 Å². The maximum Gasteiger partial charge on any atom is 0.200 e. The van der Waals surface area contributed by atoms with E-state index in [1.54, 1.807) is 0 Å². The summed E-state index contributed by atoms with van der Waals surface area (Å²) in [6.07, 6.45) is 1.65. The van der Waals surface area contributed by atoms with Crippen molar-refractivity contribution in [3.8, 4) is 11.4 Å². The van der Waals surface area contributed by atoms with Gasteiger partial charge in [0.1, 0.15) is 10.6 Å². The number of morpholine rings is 1. The highest BCUT2D eigenvalue weighted by Crippen LogP contribution is 2.53. The monoisotopic (exact) mass is 588 g/mol. The van der Waals surface area contributed by atoms with Crippen LogP contribution in [-0.4, -0.2) is 64.9 Å². The molecule has 1 atom stereocenters. The quantitative estimate of drug-likeness (QED) is 0.184. The molecule has 1 aromatic carbocycles. The molecule has 222 valence electrons. The van der Waals surface area contributed by atoms with Crippen LogP contribution in [0.5, 0.6) is 0 Å². The summed E-state index contributed by atoms with van der Waals surface area (Å²) in [5.74, 6) is 1.37. The van der Waals surface area contributed by atoms with Crippen molar-refractivity contribution in [3.63, 3.8) is 0 Å². The summed E-state index contributed by atoms with van der Waals surface area (Å²) in [4.78, 5) is 12.0. The lowest BCUT2D eigenvalue weighted by Gasteiger charge is -2.42. The van der Waals surface area contributed by atoms with Crippen molar-refractivity contribution in [3.05, 3.63) is 36.0 Å². The van der Waals surface area contributed by atoms with Crippen molar-refractivity contribution in [2.24, 2.45) is 0 Å². The molecule has 40 heavy (non-hydrogen) atoms. The van der Waals surface area contributed by atoms with Crippen LogP contribution in [0, 0.1) is 0 Å². The molecule has 1 aliphatic carbocycles. The first-order valence-corrected chi connectivity index (χ1v) is 18.6. The van der Waals surface area contributed by atoms with Gasteiger partial charge < -0.3 is 19.8 Å². The highest BCUT2D eigenvalue weighted by atomic mass is 32.2. The topological polar surface area (TPSA) is 108 Å². The van der Waals surface area contributed by atoms with Gasteiger partial charge in [0.25, 0.3) is 0 Å². The van der Waals surface area contributed by atoms with E-state index in [4.69, 9.17) is 24.9 Å². The number of ether oxygens (including phenoxy) is 1. The van der Waals surface area contributed by atoms with Gasteiger partial charge in [-0.25, -0.2) is 18.4 Å². The molecule has 0 spiro atoms. The number of hydrogen-bond donors (Lipinski definition) is 1. The fourth-order valence-electron chi connectivity index (χ4n) is 6.68. The first-order valence-electron chi connectivity index (χ1n) is 14.8. The standard InChI is InChI=1S/C30H48N4O4SSi/c1-21(2)40(22(3)4,23(5)6)38-16-8-18-39(35,36)30(13-14-30)27-19-28(34-15-17-37-20-24(34)7)33-29(32-27)25-9-11-26(31)12-10-25/h9-12,19,21-24H,8,13-18,20,31H2,1-7H3/t24-/m0/s1. The zero-order chi connectivity index (χ0) is 29.3. The Hall–Kier alpha value is -2.01. The van der Waals surface area contributed by atoms with Gasteiger partial charge in [-0.15, -0.1) is 0 Å². The van der Waals surface area contributed by atoms with E-state index in [2.05, 4.69) is 53.4 Å². The molecule has 0 bridgehead atoms. The lowest BCUT2D eigenvalue weighted by atomic mass is 10.1. The minimum absolute atomic E-state index is 0.0935. The molecule has 1 saturated heterocycles. The molecular formula is C30H48N4O4SSi. The molecule has 2 heterocycles. The highest BCUT2D eigenvalue weighted by molar-refractivity contribution is 7.92. The van der Waals surface area contributed by atoms with Gasteiger partial charge in [0.05, 0.1) is 30.7 Å². The summed E-state index contributed by atoms with van der Waals surface area (Å²) in [5.41, 5.74) is 9.39. The number of benzene rings is 1. The second-order valence-electron chi connectivity index (χ2n) is 12.5. The van der Waals surface area contributed by atoms with E-state index >= 15 is 0 Å². The molecule has 1 aromatic heterocycles. The molecule has 1 saturated carbocycles. The first-order chi connectivity index (χ1) is 18.8. The average molecular weight is 589 g/mol. The fourth-order valence-corrected chi connectivity index (χ4v) is 14.2. The number of nitrogens with zero attached hydrogens (tertiary/aromatic N) is 3. The highest BCUT2D eigenvalue weighted by Gasteiger charge is 2.57. The van der Waals surface area contributed by atoms with Crippen molar-refractivity contribution in [1.82, 2.24) is 9.97 Å². The van der Waals surface area contributed by atoms with Gasteiger partial charge in [-0.1, -0.05) is 41.5 Å². The van der Waals surface area contributed by atoms with Crippen molar-refractivity contribution in [1.29, 1.82) is 0 Å². The van der Waals surface area contributed by atoms with E-state index in [-0.39, 0.29) is 11.8 Å². The largest absolute Gasteiger partial charge is 0.416 e. The molecule has 2 aromatic rings. The SMILES string of the molecule is CC(C)[Si](OCCCS(=O)(=O)C1(c2cc(N3CCOC[C@@H]3C)nc(-c3ccc(N)cc3)n2)CC1)(C(C)C)C(C)C. The van der Waals surface area contributed by atoms with E-state index in [9.17, 15) is 8.42 Å². The smallest absolute Gasteiger partial charge is 0.200 e. The van der Waals surface area contributed by atoms with Gasteiger partial charge in [0.15, 0.2) is 24.0 Å². The maximum atomic E-state index is 13.9. The van der Waals surface area contributed by atoms with Gasteiger partial charge in [-0.05, 0) is 67.1 Å². The van der Waals surface area contributed by atoms with E-state index < -0.39 is 22.9 Å². The number of nitrogens with two attached hydrogens (primary N) is 1. The molecule has 10 heteroatoms. The van der Waals surface area contributed by atoms with Crippen LogP contribution in [0.2, 0.25) is 16.6 Å². The predicted octanol–water partition coefficient (Wildman–Crippen LogP) is 5.94. The minimum atomic E-state index is -3.46. The van der Waals surface area contributed by atoms with Gasteiger partial charge in [-0.2, -0.15) is 0 Å². The Kier molecular flexibility index (Phi) is 9.34. The van der Waals surface area contributed by atoms with Crippen molar-refractivity contribution >= 4 is 29.7 Å². The molecule has 1 aliphatic heterocycles. The Balaban J connectivity index is 1.60. The summed E-state index contributed by atoms with van der Waals surface area (Å²) in [7, 11) is -5.51. The predicted molar refractivity (Wildman–Crippen MR) is 166 cm³/mol. The third-order valence-electron chi connectivity index (χ3n) is 8.93. The Bertz CT molecular complexity index is 1240. The molecule has 8 nitrogen and oxygen atoms in total. The third kappa shape index (κ3) is 5.96. The van der Waals surface area contributed by atoms with Gasteiger partial charge >= 0.3 is 0 Å². The van der Waals surface area contributed by atoms with E-state index in [0.29, 0.717) is 79.5 Å². The van der Waals surface area contributed by atoms with Crippen LogP contribution in [-0.2, 0) is 23.7 Å². The lowest BCUT2D eigenvalue weighted by Crippen LogP contribution is -2.48. The molecule has 4 rings (SSSR count). The van der Waals surface area contributed by atoms with Crippen molar-refractivity contribution in [2.75, 3.05) is 42.8 Å². The molecule has 2 aliphatic rings. The zero-order valence-electron chi connectivity index (χ0n) is 25.3. The minimum Gasteiger partial charge on any atom is -0.416 e. The Morgan fingerprint density at radius 3 is 2.25 bits per heavy atom. The average Bonchev–Trinajstić information content (AvgIpc) is 3.71. The number of sulfone groups is 1. The van der Waals surface area contributed by atoms with Crippen molar-refractivity contribution in [2.45, 2.75) is 95.1 Å². The second kappa shape index (κ2) is 12.1. The van der Waals surface area contributed by atoms with Crippen LogP contribution in [0.4, 0.5) is 11.5 Å². The Labute approximate surface area is 242 Å². The number of rotatable bonds is 12.